The Bertz CT molecular complexity index is 1230. The van der Waals surface area contributed by atoms with Crippen LogP contribution in [0.4, 0.5) is 0 Å². The molecule has 9 nitrogen and oxygen atoms in total. The molecule has 4 rings (SSSR count). The van der Waals surface area contributed by atoms with Crippen molar-refractivity contribution in [3.8, 4) is 5.75 Å². The van der Waals surface area contributed by atoms with Crippen LogP contribution in [-0.2, 0) is 32.6 Å². The van der Waals surface area contributed by atoms with Crippen LogP contribution >= 0.6 is 0 Å². The van der Waals surface area contributed by atoms with Crippen molar-refractivity contribution in [2.24, 2.45) is 0 Å². The van der Waals surface area contributed by atoms with Gasteiger partial charge in [0.2, 0.25) is 15.9 Å². The molecule has 1 fully saturated rings. The van der Waals surface area contributed by atoms with E-state index in [2.05, 4.69) is 4.90 Å². The molecule has 2 heterocycles. The number of amides is 1. The van der Waals surface area contributed by atoms with Crippen molar-refractivity contribution in [1.82, 2.24) is 14.1 Å². The first-order valence-corrected chi connectivity index (χ1v) is 14.2. The molecule has 2 aromatic carbocycles. The monoisotopic (exact) mass is 541 g/mol. The zero-order valence-corrected chi connectivity index (χ0v) is 22.5. The van der Waals surface area contributed by atoms with E-state index >= 15 is 0 Å². The molecule has 0 bridgehead atoms. The molecule has 0 atom stereocenters. The lowest BCUT2D eigenvalue weighted by atomic mass is 10.2. The van der Waals surface area contributed by atoms with Gasteiger partial charge in [0.15, 0.2) is 0 Å². The third-order valence-electron chi connectivity index (χ3n) is 6.49. The van der Waals surface area contributed by atoms with Crippen LogP contribution in [0.3, 0.4) is 0 Å². The van der Waals surface area contributed by atoms with Crippen LogP contribution in [0.25, 0.3) is 0 Å². The number of nitrogens with zero attached hydrogens (tertiary/aromatic N) is 3. The largest absolute Gasteiger partial charge is 0.497 e. The molecule has 1 aliphatic rings. The number of hydrogen-bond acceptors (Lipinski definition) is 7. The summed E-state index contributed by atoms with van der Waals surface area (Å²) in [5.41, 5.74) is 0.948. The standard InChI is InChI=1S/C28H35N3O6S/c1-35-25-10-12-27(13-11-25)38(33,34)31(15-6-14-29-16-19-36-20-17-29)23-28(32)30(22-26-9-5-18-37-26)21-24-7-3-2-4-8-24/h2-5,7-13,18H,6,14-17,19-23H2,1H3. The number of carbonyl (C=O) groups is 1. The summed E-state index contributed by atoms with van der Waals surface area (Å²) in [7, 11) is -2.40. The average Bonchev–Trinajstić information content (AvgIpc) is 3.46. The lowest BCUT2D eigenvalue weighted by molar-refractivity contribution is -0.133. The van der Waals surface area contributed by atoms with Gasteiger partial charge in [-0.05, 0) is 54.9 Å². The van der Waals surface area contributed by atoms with E-state index in [9.17, 15) is 13.2 Å². The van der Waals surface area contributed by atoms with Crippen molar-refractivity contribution >= 4 is 15.9 Å². The van der Waals surface area contributed by atoms with E-state index in [1.165, 1.54) is 23.5 Å². The van der Waals surface area contributed by atoms with Crippen LogP contribution < -0.4 is 4.74 Å². The molecule has 0 aliphatic carbocycles. The Hall–Kier alpha value is -3.18. The van der Waals surface area contributed by atoms with Crippen LogP contribution in [0.1, 0.15) is 17.7 Å². The highest BCUT2D eigenvalue weighted by Crippen LogP contribution is 2.21. The molecular formula is C28H35N3O6S. The maximum atomic E-state index is 13.7. The van der Waals surface area contributed by atoms with E-state index in [-0.39, 0.29) is 30.4 Å². The van der Waals surface area contributed by atoms with Gasteiger partial charge in [-0.3, -0.25) is 9.69 Å². The summed E-state index contributed by atoms with van der Waals surface area (Å²) < 4.78 is 44.8. The minimum atomic E-state index is -3.93. The Balaban J connectivity index is 1.53. The second-order valence-electron chi connectivity index (χ2n) is 9.14. The number of methoxy groups -OCH3 is 1. The Morgan fingerprint density at radius 1 is 0.974 bits per heavy atom. The molecule has 0 N–H and O–H groups in total. The molecule has 3 aromatic rings. The zero-order chi connectivity index (χ0) is 26.8. The van der Waals surface area contributed by atoms with Crippen LogP contribution in [-0.4, -0.2) is 81.5 Å². The number of benzene rings is 2. The Labute approximate surface area is 224 Å². The van der Waals surface area contributed by atoms with E-state index in [4.69, 9.17) is 13.9 Å². The molecule has 1 amide bonds. The normalized spacial score (nSPS) is 14.5. The second kappa shape index (κ2) is 13.6. The number of furan rings is 1. The van der Waals surface area contributed by atoms with Gasteiger partial charge >= 0.3 is 0 Å². The van der Waals surface area contributed by atoms with E-state index < -0.39 is 10.0 Å². The van der Waals surface area contributed by atoms with Gasteiger partial charge in [-0.25, -0.2) is 8.42 Å². The summed E-state index contributed by atoms with van der Waals surface area (Å²) in [6, 6.07) is 19.4. The first-order valence-electron chi connectivity index (χ1n) is 12.7. The molecule has 1 aromatic heterocycles. The predicted molar refractivity (Wildman–Crippen MR) is 143 cm³/mol. The van der Waals surface area contributed by atoms with Gasteiger partial charge in [0, 0.05) is 26.2 Å². The van der Waals surface area contributed by atoms with Crippen molar-refractivity contribution in [1.29, 1.82) is 0 Å². The van der Waals surface area contributed by atoms with E-state index in [0.29, 0.717) is 37.7 Å². The minimum Gasteiger partial charge on any atom is -0.497 e. The number of carbonyl (C=O) groups excluding carboxylic acids is 1. The molecule has 1 saturated heterocycles. The number of rotatable bonds is 13. The summed E-state index contributed by atoms with van der Waals surface area (Å²) in [6.45, 7) is 4.24. The lowest BCUT2D eigenvalue weighted by Crippen LogP contribution is -2.44. The molecule has 204 valence electrons. The third-order valence-corrected chi connectivity index (χ3v) is 8.35. The van der Waals surface area contributed by atoms with Gasteiger partial charge in [0.25, 0.3) is 0 Å². The van der Waals surface area contributed by atoms with Crippen LogP contribution in [0.2, 0.25) is 0 Å². The molecule has 0 saturated carbocycles. The van der Waals surface area contributed by atoms with Crippen molar-refractivity contribution in [2.45, 2.75) is 24.4 Å². The first kappa shape index (κ1) is 27.8. The number of hydrogen-bond donors (Lipinski definition) is 0. The number of ether oxygens (including phenoxy) is 2. The molecule has 0 unspecified atom stereocenters. The molecule has 10 heteroatoms. The van der Waals surface area contributed by atoms with Gasteiger partial charge in [-0.2, -0.15) is 4.31 Å². The maximum Gasteiger partial charge on any atom is 0.243 e. The highest BCUT2D eigenvalue weighted by Gasteiger charge is 2.29. The molecule has 0 spiro atoms. The van der Waals surface area contributed by atoms with Gasteiger partial charge in [0.05, 0.1) is 44.6 Å². The maximum absolute atomic E-state index is 13.7. The zero-order valence-electron chi connectivity index (χ0n) is 21.7. The Morgan fingerprint density at radius 3 is 2.37 bits per heavy atom. The number of morpholine rings is 1. The number of sulfonamides is 1. The quantitative estimate of drug-likeness (QED) is 0.328. The fourth-order valence-corrected chi connectivity index (χ4v) is 5.78. The summed E-state index contributed by atoms with van der Waals surface area (Å²) >= 11 is 0. The summed E-state index contributed by atoms with van der Waals surface area (Å²) in [4.78, 5) is 17.7. The summed E-state index contributed by atoms with van der Waals surface area (Å²) in [5, 5.41) is 0. The Kier molecular flexibility index (Phi) is 9.94. The molecular weight excluding hydrogens is 506 g/mol. The lowest BCUT2D eigenvalue weighted by Gasteiger charge is -2.29. The molecule has 1 aliphatic heterocycles. The smallest absolute Gasteiger partial charge is 0.243 e. The molecule has 38 heavy (non-hydrogen) atoms. The van der Waals surface area contributed by atoms with Crippen LogP contribution in [0, 0.1) is 0 Å². The van der Waals surface area contributed by atoms with Crippen molar-refractivity contribution in [2.75, 3.05) is 53.0 Å². The van der Waals surface area contributed by atoms with Gasteiger partial charge in [-0.15, -0.1) is 0 Å². The van der Waals surface area contributed by atoms with Crippen molar-refractivity contribution in [3.05, 3.63) is 84.3 Å². The van der Waals surface area contributed by atoms with E-state index in [1.807, 2.05) is 30.3 Å². The summed E-state index contributed by atoms with van der Waals surface area (Å²) in [6.07, 6.45) is 2.16. The third kappa shape index (κ3) is 7.67. The van der Waals surface area contributed by atoms with E-state index in [1.54, 1.807) is 35.4 Å². The first-order chi connectivity index (χ1) is 18.5. The van der Waals surface area contributed by atoms with Crippen molar-refractivity contribution < 1.29 is 27.1 Å². The predicted octanol–water partition coefficient (Wildman–Crippen LogP) is 3.23. The van der Waals surface area contributed by atoms with Crippen LogP contribution in [0.15, 0.2) is 82.3 Å². The van der Waals surface area contributed by atoms with Gasteiger partial charge < -0.3 is 18.8 Å². The fourth-order valence-electron chi connectivity index (χ4n) is 4.35. The summed E-state index contributed by atoms with van der Waals surface area (Å²) in [5.74, 6) is 0.895. The van der Waals surface area contributed by atoms with Crippen molar-refractivity contribution in [3.63, 3.8) is 0 Å². The van der Waals surface area contributed by atoms with Crippen LogP contribution in [0.5, 0.6) is 5.75 Å². The van der Waals surface area contributed by atoms with Gasteiger partial charge in [-0.1, -0.05) is 30.3 Å². The topological polar surface area (TPSA) is 92.5 Å². The fraction of sp³-hybridized carbons (Fsp3) is 0.393. The minimum absolute atomic E-state index is 0.123. The SMILES string of the molecule is COc1ccc(S(=O)(=O)N(CCCN2CCOCC2)CC(=O)N(Cc2ccccc2)Cc2ccco2)cc1. The van der Waals surface area contributed by atoms with E-state index in [0.717, 1.165) is 25.2 Å². The highest BCUT2D eigenvalue weighted by atomic mass is 32.2. The highest BCUT2D eigenvalue weighted by molar-refractivity contribution is 7.89. The second-order valence-corrected chi connectivity index (χ2v) is 11.1. The Morgan fingerprint density at radius 2 is 1.71 bits per heavy atom. The average molecular weight is 542 g/mol. The van der Waals surface area contributed by atoms with Gasteiger partial charge in [0.1, 0.15) is 11.5 Å². The molecule has 0 radical (unpaired) electrons.